The number of nitrogens with zero attached hydrogens (tertiary/aromatic N) is 1. The summed E-state index contributed by atoms with van der Waals surface area (Å²) >= 11 is 1.89. The molecule has 20 heavy (non-hydrogen) atoms. The zero-order valence-corrected chi connectivity index (χ0v) is 13.4. The molecule has 0 aromatic heterocycles. The van der Waals surface area contributed by atoms with Crippen molar-refractivity contribution in [2.24, 2.45) is 10.9 Å². The first-order valence-corrected chi connectivity index (χ1v) is 8.20. The molecule has 0 spiro atoms. The van der Waals surface area contributed by atoms with Gasteiger partial charge in [-0.15, -0.1) is 0 Å². The highest BCUT2D eigenvalue weighted by molar-refractivity contribution is 8.15. The lowest BCUT2D eigenvalue weighted by atomic mass is 9.99. The van der Waals surface area contributed by atoms with E-state index in [-0.39, 0.29) is 0 Å². The van der Waals surface area contributed by atoms with E-state index in [4.69, 9.17) is 4.74 Å². The van der Waals surface area contributed by atoms with Gasteiger partial charge in [-0.05, 0) is 23.6 Å². The van der Waals surface area contributed by atoms with Crippen molar-refractivity contribution in [2.45, 2.75) is 38.5 Å². The Hall–Kier alpha value is -1.00. The van der Waals surface area contributed by atoms with Crippen molar-refractivity contribution in [2.75, 3.05) is 19.0 Å². The Bertz CT molecular complexity index is 458. The summed E-state index contributed by atoms with van der Waals surface area (Å²) < 4.78 is 5.17. The van der Waals surface area contributed by atoms with Crippen LogP contribution in [0.1, 0.15) is 32.3 Å². The summed E-state index contributed by atoms with van der Waals surface area (Å²) in [5.41, 5.74) is 2.27. The molecule has 110 valence electrons. The van der Waals surface area contributed by atoms with E-state index in [1.54, 1.807) is 7.11 Å². The van der Waals surface area contributed by atoms with Gasteiger partial charge in [-0.3, -0.25) is 4.99 Å². The van der Waals surface area contributed by atoms with E-state index < -0.39 is 0 Å². The van der Waals surface area contributed by atoms with Crippen LogP contribution >= 0.6 is 11.8 Å². The number of hydrogen-bond donors (Lipinski definition) is 1. The fourth-order valence-corrected chi connectivity index (χ4v) is 3.89. The quantitative estimate of drug-likeness (QED) is 0.855. The van der Waals surface area contributed by atoms with Crippen molar-refractivity contribution >= 4 is 22.6 Å². The molecule has 0 saturated heterocycles. The van der Waals surface area contributed by atoms with Crippen LogP contribution in [0.15, 0.2) is 29.3 Å². The molecule has 4 heteroatoms. The molecule has 1 aromatic rings. The van der Waals surface area contributed by atoms with Crippen LogP contribution in [-0.2, 0) is 11.3 Å². The molecule has 1 unspecified atom stereocenters. The fraction of sp³-hybridized carbons (Fsp3) is 0.562. The molecule has 1 aliphatic rings. The number of aliphatic imine (C=N–C) groups is 1. The molecular formula is C16H24N2OS. The van der Waals surface area contributed by atoms with Crippen molar-refractivity contribution in [3.05, 3.63) is 29.8 Å². The van der Waals surface area contributed by atoms with Gasteiger partial charge in [0.2, 0.25) is 0 Å². The average Bonchev–Trinajstić information content (AvgIpc) is 2.89. The highest BCUT2D eigenvalue weighted by Crippen LogP contribution is 2.31. The van der Waals surface area contributed by atoms with Crippen LogP contribution in [0.5, 0.6) is 0 Å². The largest absolute Gasteiger partial charge is 0.380 e. The predicted octanol–water partition coefficient (Wildman–Crippen LogP) is 4.15. The minimum atomic E-state index is 0.634. The second-order valence-corrected chi connectivity index (χ2v) is 6.37. The van der Waals surface area contributed by atoms with Gasteiger partial charge in [-0.25, -0.2) is 0 Å². The number of thioether (sulfide) groups is 1. The topological polar surface area (TPSA) is 33.6 Å². The summed E-state index contributed by atoms with van der Waals surface area (Å²) in [6.07, 6.45) is 2.47. The van der Waals surface area contributed by atoms with Crippen LogP contribution < -0.4 is 5.32 Å². The Kier molecular flexibility index (Phi) is 5.92. The summed E-state index contributed by atoms with van der Waals surface area (Å²) in [6.45, 7) is 6.13. The lowest BCUT2D eigenvalue weighted by Gasteiger charge is -2.18. The molecule has 3 nitrogen and oxygen atoms in total. The molecule has 1 aliphatic heterocycles. The Morgan fingerprint density at radius 2 is 2.20 bits per heavy atom. The van der Waals surface area contributed by atoms with Gasteiger partial charge in [0, 0.05) is 18.0 Å². The molecule has 2 rings (SSSR count). The first-order valence-electron chi connectivity index (χ1n) is 7.32. The van der Waals surface area contributed by atoms with Gasteiger partial charge in [0.15, 0.2) is 5.17 Å². The third kappa shape index (κ3) is 4.00. The standard InChI is InChI=1S/C16H24N2OS/c1-4-13(5-2)15-10-17-16(20-15)18-14-8-6-7-12(9-14)11-19-3/h6-9,13,15H,4-5,10-11H2,1-3H3,(H,17,18). The number of hydrogen-bond acceptors (Lipinski definition) is 4. The van der Waals surface area contributed by atoms with E-state index in [1.165, 1.54) is 18.4 Å². The van der Waals surface area contributed by atoms with Gasteiger partial charge in [-0.1, -0.05) is 50.6 Å². The summed E-state index contributed by atoms with van der Waals surface area (Å²) in [7, 11) is 1.72. The van der Waals surface area contributed by atoms with Crippen LogP contribution in [0.2, 0.25) is 0 Å². The number of rotatable bonds is 6. The molecule has 0 fully saturated rings. The maximum Gasteiger partial charge on any atom is 0.161 e. The lowest BCUT2D eigenvalue weighted by molar-refractivity contribution is 0.185. The number of anilines is 1. The minimum absolute atomic E-state index is 0.634. The van der Waals surface area contributed by atoms with E-state index in [0.717, 1.165) is 23.3 Å². The number of nitrogens with one attached hydrogen (secondary N) is 1. The highest BCUT2D eigenvalue weighted by atomic mass is 32.2. The van der Waals surface area contributed by atoms with Gasteiger partial charge in [0.1, 0.15) is 0 Å². The van der Waals surface area contributed by atoms with Crippen LogP contribution in [-0.4, -0.2) is 24.1 Å². The van der Waals surface area contributed by atoms with Crippen LogP contribution in [0.4, 0.5) is 5.69 Å². The van der Waals surface area contributed by atoms with E-state index in [9.17, 15) is 0 Å². The van der Waals surface area contributed by atoms with Gasteiger partial charge in [0.05, 0.1) is 13.2 Å². The third-order valence-electron chi connectivity index (χ3n) is 3.74. The summed E-state index contributed by atoms with van der Waals surface area (Å²) in [5, 5.41) is 5.12. The maximum absolute atomic E-state index is 5.17. The summed E-state index contributed by atoms with van der Waals surface area (Å²) in [4.78, 5) is 4.64. The fourth-order valence-electron chi connectivity index (χ4n) is 2.55. The van der Waals surface area contributed by atoms with E-state index >= 15 is 0 Å². The number of amidine groups is 1. The predicted molar refractivity (Wildman–Crippen MR) is 88.5 cm³/mol. The van der Waals surface area contributed by atoms with E-state index in [0.29, 0.717) is 11.9 Å². The molecule has 0 aliphatic carbocycles. The zero-order valence-electron chi connectivity index (χ0n) is 12.6. The lowest BCUT2D eigenvalue weighted by Crippen LogP contribution is -2.17. The zero-order chi connectivity index (χ0) is 14.4. The van der Waals surface area contributed by atoms with Crippen molar-refractivity contribution in [1.29, 1.82) is 0 Å². The Labute approximate surface area is 126 Å². The van der Waals surface area contributed by atoms with Crippen LogP contribution in [0, 0.1) is 5.92 Å². The Balaban J connectivity index is 1.93. The molecule has 0 amide bonds. The Morgan fingerprint density at radius 3 is 2.90 bits per heavy atom. The van der Waals surface area contributed by atoms with Gasteiger partial charge in [0.25, 0.3) is 0 Å². The molecular weight excluding hydrogens is 268 g/mol. The SMILES string of the molecule is CCC(CC)C1CN=C(Nc2cccc(COC)c2)S1. The highest BCUT2D eigenvalue weighted by Gasteiger charge is 2.25. The number of ether oxygens (including phenoxy) is 1. The van der Waals surface area contributed by atoms with Crippen molar-refractivity contribution in [3.8, 4) is 0 Å². The minimum Gasteiger partial charge on any atom is -0.380 e. The van der Waals surface area contributed by atoms with E-state index in [1.807, 2.05) is 11.8 Å². The van der Waals surface area contributed by atoms with E-state index in [2.05, 4.69) is 48.4 Å². The van der Waals surface area contributed by atoms with Gasteiger partial charge >= 0.3 is 0 Å². The number of benzene rings is 1. The third-order valence-corrected chi connectivity index (χ3v) is 5.03. The van der Waals surface area contributed by atoms with Gasteiger partial charge in [-0.2, -0.15) is 0 Å². The second kappa shape index (κ2) is 7.70. The molecule has 0 saturated carbocycles. The molecule has 1 atom stereocenters. The molecule has 1 heterocycles. The average molecular weight is 292 g/mol. The Morgan fingerprint density at radius 1 is 1.40 bits per heavy atom. The summed E-state index contributed by atoms with van der Waals surface area (Å²) in [6, 6.07) is 8.32. The molecule has 1 N–H and O–H groups in total. The summed E-state index contributed by atoms with van der Waals surface area (Å²) in [5.74, 6) is 0.767. The monoisotopic (exact) mass is 292 g/mol. The molecule has 1 aromatic carbocycles. The first-order chi connectivity index (χ1) is 9.76. The first kappa shape index (κ1) is 15.4. The number of methoxy groups -OCH3 is 1. The van der Waals surface area contributed by atoms with Crippen molar-refractivity contribution in [1.82, 2.24) is 0 Å². The van der Waals surface area contributed by atoms with Crippen molar-refractivity contribution in [3.63, 3.8) is 0 Å². The molecule has 0 bridgehead atoms. The maximum atomic E-state index is 5.17. The van der Waals surface area contributed by atoms with Crippen molar-refractivity contribution < 1.29 is 4.74 Å². The van der Waals surface area contributed by atoms with Gasteiger partial charge < -0.3 is 10.1 Å². The molecule has 0 radical (unpaired) electrons. The smallest absolute Gasteiger partial charge is 0.161 e. The van der Waals surface area contributed by atoms with Crippen LogP contribution in [0.25, 0.3) is 0 Å². The second-order valence-electron chi connectivity index (χ2n) is 5.14. The van der Waals surface area contributed by atoms with Crippen LogP contribution in [0.3, 0.4) is 0 Å². The normalized spacial score (nSPS) is 18.4.